The minimum Gasteiger partial charge on any atom is -0.496 e. The Morgan fingerprint density at radius 1 is 1.06 bits per heavy atom. The molecule has 0 radical (unpaired) electrons. The van der Waals surface area contributed by atoms with Crippen LogP contribution in [-0.4, -0.2) is 23.2 Å². The average molecular weight is 435 g/mol. The van der Waals surface area contributed by atoms with Gasteiger partial charge in [-0.15, -0.1) is 10.2 Å². The molecule has 0 saturated heterocycles. The highest BCUT2D eigenvalue weighted by Gasteiger charge is 2.16. The predicted octanol–water partition coefficient (Wildman–Crippen LogP) is 5.43. The van der Waals surface area contributed by atoms with Crippen LogP contribution in [0.25, 0.3) is 11.5 Å². The van der Waals surface area contributed by atoms with Gasteiger partial charge < -0.3 is 14.5 Å². The minimum absolute atomic E-state index is 0.0393. The number of anilines is 1. The topological polar surface area (TPSA) is 77.2 Å². The average Bonchev–Trinajstić information content (AvgIpc) is 3.27. The Hall–Kier alpha value is -3.65. The molecule has 1 heterocycles. The molecule has 156 valence electrons. The van der Waals surface area contributed by atoms with E-state index in [-0.39, 0.29) is 5.56 Å². The third-order valence-corrected chi connectivity index (χ3v) is 5.31. The van der Waals surface area contributed by atoms with E-state index in [4.69, 9.17) is 9.15 Å². The van der Waals surface area contributed by atoms with Gasteiger partial charge in [0, 0.05) is 17.5 Å². The maximum Gasteiger partial charge on any atom is 0.277 e. The van der Waals surface area contributed by atoms with E-state index in [1.54, 1.807) is 24.3 Å². The molecular formula is C23H18FN3O3S. The van der Waals surface area contributed by atoms with Crippen molar-refractivity contribution >= 4 is 23.4 Å². The van der Waals surface area contributed by atoms with Crippen LogP contribution < -0.4 is 10.1 Å². The highest BCUT2D eigenvalue weighted by atomic mass is 32.2. The van der Waals surface area contributed by atoms with Gasteiger partial charge in [0.25, 0.3) is 17.0 Å². The number of carbonyl (C=O) groups is 1. The van der Waals surface area contributed by atoms with Gasteiger partial charge in [0.1, 0.15) is 11.6 Å². The molecule has 3 aromatic carbocycles. The van der Waals surface area contributed by atoms with Crippen molar-refractivity contribution in [2.75, 3.05) is 12.4 Å². The number of methoxy groups -OCH3 is 1. The second-order valence-electron chi connectivity index (χ2n) is 6.50. The first-order valence-electron chi connectivity index (χ1n) is 9.38. The third kappa shape index (κ3) is 4.92. The monoisotopic (exact) mass is 435 g/mol. The summed E-state index contributed by atoms with van der Waals surface area (Å²) in [6.45, 7) is 0. The van der Waals surface area contributed by atoms with Crippen LogP contribution in [0.2, 0.25) is 0 Å². The van der Waals surface area contributed by atoms with Crippen LogP contribution in [0.3, 0.4) is 0 Å². The smallest absolute Gasteiger partial charge is 0.277 e. The van der Waals surface area contributed by atoms with Gasteiger partial charge in [-0.25, -0.2) is 4.39 Å². The normalized spacial score (nSPS) is 10.6. The summed E-state index contributed by atoms with van der Waals surface area (Å²) in [5.41, 5.74) is 2.15. The number of hydrogen-bond donors (Lipinski definition) is 1. The molecule has 0 spiro atoms. The molecule has 0 aliphatic rings. The van der Waals surface area contributed by atoms with Crippen LogP contribution in [0.4, 0.5) is 10.1 Å². The largest absolute Gasteiger partial charge is 0.496 e. The zero-order valence-corrected chi connectivity index (χ0v) is 17.4. The lowest BCUT2D eigenvalue weighted by Gasteiger charge is -2.10. The molecule has 1 aromatic heterocycles. The van der Waals surface area contributed by atoms with E-state index < -0.39 is 11.7 Å². The molecular weight excluding hydrogens is 417 g/mol. The van der Waals surface area contributed by atoms with Crippen molar-refractivity contribution in [2.45, 2.75) is 11.0 Å². The lowest BCUT2D eigenvalue weighted by atomic mass is 10.1. The summed E-state index contributed by atoms with van der Waals surface area (Å²) in [4.78, 5) is 12.3. The maximum atomic E-state index is 13.8. The number of hydrogen-bond acceptors (Lipinski definition) is 6. The van der Waals surface area contributed by atoms with Crippen molar-refractivity contribution in [3.05, 3.63) is 89.7 Å². The Morgan fingerprint density at radius 3 is 2.61 bits per heavy atom. The highest BCUT2D eigenvalue weighted by Crippen LogP contribution is 2.33. The molecule has 0 aliphatic carbocycles. The molecule has 0 saturated carbocycles. The number of thioether (sulfide) groups is 1. The van der Waals surface area contributed by atoms with Crippen molar-refractivity contribution in [2.24, 2.45) is 0 Å². The Bertz CT molecular complexity index is 1200. The van der Waals surface area contributed by atoms with Crippen LogP contribution in [0, 0.1) is 5.82 Å². The molecule has 4 aromatic rings. The molecule has 4 rings (SSSR count). The summed E-state index contributed by atoms with van der Waals surface area (Å²) < 4.78 is 25.0. The number of amides is 1. The quantitative estimate of drug-likeness (QED) is 0.390. The van der Waals surface area contributed by atoms with Crippen molar-refractivity contribution in [1.29, 1.82) is 0 Å². The number of rotatable bonds is 7. The van der Waals surface area contributed by atoms with Gasteiger partial charge in [-0.3, -0.25) is 4.79 Å². The first kappa shape index (κ1) is 20.6. The summed E-state index contributed by atoms with van der Waals surface area (Å²) >= 11 is 1.44. The third-order valence-electron chi connectivity index (χ3n) is 4.42. The molecule has 0 bridgehead atoms. The summed E-state index contributed by atoms with van der Waals surface area (Å²) in [5.74, 6) is 0.315. The number of nitrogens with one attached hydrogen (secondary N) is 1. The van der Waals surface area contributed by atoms with E-state index in [0.29, 0.717) is 33.9 Å². The number of ether oxygens (including phenoxy) is 1. The number of benzene rings is 3. The van der Waals surface area contributed by atoms with Gasteiger partial charge in [-0.2, -0.15) is 0 Å². The Labute approximate surface area is 182 Å². The standard InChI is InChI=1S/C23H18FN3O3S/c1-29-20-13-16(25-21(28)17-9-5-6-10-19(17)24)11-12-18(20)22-26-27-23(30-22)31-14-15-7-3-2-4-8-15/h2-13H,14H2,1H3,(H,25,28). The second-order valence-corrected chi connectivity index (χ2v) is 7.42. The van der Waals surface area contributed by atoms with Crippen LogP contribution >= 0.6 is 11.8 Å². The Balaban J connectivity index is 1.49. The first-order valence-corrected chi connectivity index (χ1v) is 10.4. The zero-order valence-electron chi connectivity index (χ0n) is 16.5. The summed E-state index contributed by atoms with van der Waals surface area (Å²) in [7, 11) is 1.50. The fourth-order valence-electron chi connectivity index (χ4n) is 2.89. The van der Waals surface area contributed by atoms with Crippen LogP contribution in [0.15, 0.2) is 82.4 Å². The van der Waals surface area contributed by atoms with E-state index in [0.717, 1.165) is 5.56 Å². The number of nitrogens with zero attached hydrogens (tertiary/aromatic N) is 2. The SMILES string of the molecule is COc1cc(NC(=O)c2ccccc2F)ccc1-c1nnc(SCc2ccccc2)o1. The van der Waals surface area contributed by atoms with Gasteiger partial charge >= 0.3 is 0 Å². The highest BCUT2D eigenvalue weighted by molar-refractivity contribution is 7.98. The number of halogens is 1. The van der Waals surface area contributed by atoms with Crippen molar-refractivity contribution in [3.63, 3.8) is 0 Å². The molecule has 0 aliphatic heterocycles. The van der Waals surface area contributed by atoms with Gasteiger partial charge in [-0.1, -0.05) is 54.2 Å². The molecule has 0 atom stereocenters. The van der Waals surface area contributed by atoms with Crippen molar-refractivity contribution < 1.29 is 18.3 Å². The molecule has 8 heteroatoms. The minimum atomic E-state index is -0.588. The predicted molar refractivity (Wildman–Crippen MR) is 117 cm³/mol. The molecule has 0 unspecified atom stereocenters. The van der Waals surface area contributed by atoms with E-state index in [1.807, 2.05) is 30.3 Å². The number of aromatic nitrogens is 2. The lowest BCUT2D eigenvalue weighted by molar-refractivity contribution is 0.102. The fraction of sp³-hybridized carbons (Fsp3) is 0.0870. The fourth-order valence-corrected chi connectivity index (χ4v) is 3.60. The van der Waals surface area contributed by atoms with E-state index in [2.05, 4.69) is 15.5 Å². The van der Waals surface area contributed by atoms with Crippen LogP contribution in [0.1, 0.15) is 15.9 Å². The molecule has 6 nitrogen and oxygen atoms in total. The molecule has 31 heavy (non-hydrogen) atoms. The van der Waals surface area contributed by atoms with Gasteiger partial charge in [0.15, 0.2) is 0 Å². The Kier molecular flexibility index (Phi) is 6.28. The first-order chi connectivity index (χ1) is 15.1. The maximum absolute atomic E-state index is 13.8. The van der Waals surface area contributed by atoms with E-state index in [9.17, 15) is 9.18 Å². The van der Waals surface area contributed by atoms with Crippen LogP contribution in [0.5, 0.6) is 5.75 Å². The zero-order chi connectivity index (χ0) is 21.6. The molecule has 1 amide bonds. The van der Waals surface area contributed by atoms with E-state index >= 15 is 0 Å². The molecule has 0 fully saturated rings. The summed E-state index contributed by atoms with van der Waals surface area (Å²) in [5, 5.41) is 11.3. The van der Waals surface area contributed by atoms with Crippen molar-refractivity contribution in [1.82, 2.24) is 10.2 Å². The summed E-state index contributed by atoms with van der Waals surface area (Å²) in [6.07, 6.45) is 0. The second kappa shape index (κ2) is 9.44. The number of carbonyl (C=O) groups excluding carboxylic acids is 1. The summed E-state index contributed by atoms with van der Waals surface area (Å²) in [6, 6.07) is 20.8. The Morgan fingerprint density at radius 2 is 1.84 bits per heavy atom. The molecule has 1 N–H and O–H groups in total. The van der Waals surface area contributed by atoms with Gasteiger partial charge in [0.05, 0.1) is 18.2 Å². The lowest BCUT2D eigenvalue weighted by Crippen LogP contribution is -2.13. The van der Waals surface area contributed by atoms with Crippen molar-refractivity contribution in [3.8, 4) is 17.2 Å². The van der Waals surface area contributed by atoms with Crippen LogP contribution in [-0.2, 0) is 5.75 Å². The van der Waals surface area contributed by atoms with E-state index in [1.165, 1.54) is 37.1 Å². The van der Waals surface area contributed by atoms with Gasteiger partial charge in [0.2, 0.25) is 0 Å². The van der Waals surface area contributed by atoms with Gasteiger partial charge in [-0.05, 0) is 29.8 Å².